The number of aromatic nitrogens is 4. The van der Waals surface area contributed by atoms with Crippen molar-refractivity contribution in [2.45, 2.75) is 19.8 Å². The number of nitrogens with zero attached hydrogens (tertiary/aromatic N) is 4. The molecule has 27 heavy (non-hydrogen) atoms. The van der Waals surface area contributed by atoms with E-state index in [1.807, 2.05) is 20.2 Å². The van der Waals surface area contributed by atoms with Gasteiger partial charge in [0, 0.05) is 23.9 Å². The van der Waals surface area contributed by atoms with Gasteiger partial charge in [-0.1, -0.05) is 12.1 Å². The molecule has 4 aromatic rings. The lowest BCUT2D eigenvalue weighted by atomic mass is 9.95. The van der Waals surface area contributed by atoms with Gasteiger partial charge in [0.25, 0.3) is 0 Å². The topological polar surface area (TPSA) is 55.6 Å². The molecular weight excluding hydrogens is 354 g/mol. The summed E-state index contributed by atoms with van der Waals surface area (Å²) in [6, 6.07) is 10.6. The van der Waals surface area contributed by atoms with Crippen molar-refractivity contribution < 1.29 is 0 Å². The Morgan fingerprint density at radius 3 is 2.89 bits per heavy atom. The first kappa shape index (κ1) is 16.2. The summed E-state index contributed by atoms with van der Waals surface area (Å²) in [6.45, 7) is 2.01. The van der Waals surface area contributed by atoms with Gasteiger partial charge in [0.2, 0.25) is 0 Å². The third-order valence-corrected chi connectivity index (χ3v) is 6.16. The van der Waals surface area contributed by atoms with Gasteiger partial charge < -0.3 is 9.88 Å². The van der Waals surface area contributed by atoms with Gasteiger partial charge in [-0.15, -0.1) is 11.3 Å². The van der Waals surface area contributed by atoms with Gasteiger partial charge in [-0.3, -0.25) is 0 Å². The van der Waals surface area contributed by atoms with Gasteiger partial charge in [0.15, 0.2) is 0 Å². The number of aryl methyl sites for hydroxylation is 2. The zero-order valence-electron chi connectivity index (χ0n) is 15.2. The maximum atomic E-state index is 4.56. The van der Waals surface area contributed by atoms with Gasteiger partial charge in [-0.05, 0) is 48.9 Å². The molecule has 0 radical (unpaired) electrons. The van der Waals surface area contributed by atoms with Crippen molar-refractivity contribution in [3.05, 3.63) is 65.2 Å². The average Bonchev–Trinajstić information content (AvgIpc) is 3.29. The molecule has 1 aliphatic carbocycles. The smallest absolute Gasteiger partial charge is 0.137 e. The number of fused-ring (bicyclic) bond motifs is 3. The van der Waals surface area contributed by atoms with Crippen LogP contribution in [0.4, 0.5) is 11.5 Å². The highest BCUT2D eigenvalue weighted by molar-refractivity contribution is 7.13. The molecule has 1 N–H and O–H groups in total. The van der Waals surface area contributed by atoms with E-state index in [4.69, 9.17) is 0 Å². The molecule has 3 heterocycles. The number of rotatable bonds is 3. The van der Waals surface area contributed by atoms with E-state index in [-0.39, 0.29) is 0 Å². The van der Waals surface area contributed by atoms with Crippen molar-refractivity contribution in [1.29, 1.82) is 0 Å². The Labute approximate surface area is 161 Å². The molecule has 0 saturated heterocycles. The summed E-state index contributed by atoms with van der Waals surface area (Å²) in [4.78, 5) is 14.8. The van der Waals surface area contributed by atoms with Gasteiger partial charge in [-0.2, -0.15) is 0 Å². The van der Waals surface area contributed by atoms with Crippen LogP contribution in [0.1, 0.15) is 17.0 Å². The van der Waals surface area contributed by atoms with E-state index in [0.29, 0.717) is 0 Å². The number of thiophene rings is 1. The molecule has 0 bridgehead atoms. The summed E-state index contributed by atoms with van der Waals surface area (Å²) in [7, 11) is 2.04. The van der Waals surface area contributed by atoms with E-state index in [9.17, 15) is 0 Å². The minimum absolute atomic E-state index is 0.900. The molecule has 0 aliphatic heterocycles. The van der Waals surface area contributed by atoms with Crippen molar-refractivity contribution >= 4 is 22.8 Å². The number of anilines is 2. The first-order valence-electron chi connectivity index (χ1n) is 8.97. The molecule has 5 rings (SSSR count). The highest BCUT2D eigenvalue weighted by atomic mass is 32.1. The first-order chi connectivity index (χ1) is 13.2. The van der Waals surface area contributed by atoms with E-state index >= 15 is 0 Å². The molecule has 5 nitrogen and oxygen atoms in total. The lowest BCUT2D eigenvalue weighted by Gasteiger charge is -2.18. The maximum absolute atomic E-state index is 4.56. The summed E-state index contributed by atoms with van der Waals surface area (Å²) in [6.07, 6.45) is 5.58. The zero-order chi connectivity index (χ0) is 18.4. The minimum Gasteiger partial charge on any atom is -0.340 e. The van der Waals surface area contributed by atoms with Crippen LogP contribution in [-0.4, -0.2) is 19.5 Å². The van der Waals surface area contributed by atoms with Crippen molar-refractivity contribution in [2.24, 2.45) is 7.05 Å². The molecule has 0 saturated carbocycles. The number of nitrogens with one attached hydrogen (secondary N) is 1. The summed E-state index contributed by atoms with van der Waals surface area (Å²) in [5, 5.41) is 5.66. The predicted molar refractivity (Wildman–Crippen MR) is 109 cm³/mol. The molecule has 6 heteroatoms. The quantitative estimate of drug-likeness (QED) is 0.563. The van der Waals surface area contributed by atoms with Crippen LogP contribution >= 0.6 is 11.3 Å². The molecule has 0 atom stereocenters. The Hall–Kier alpha value is -2.99. The second-order valence-electron chi connectivity index (χ2n) is 6.78. The van der Waals surface area contributed by atoms with E-state index < -0.39 is 0 Å². The molecular formula is C21H19N5S. The van der Waals surface area contributed by atoms with Crippen molar-refractivity contribution in [3.8, 4) is 21.8 Å². The van der Waals surface area contributed by atoms with Crippen LogP contribution in [-0.2, 0) is 19.9 Å². The van der Waals surface area contributed by atoms with E-state index in [0.717, 1.165) is 47.1 Å². The largest absolute Gasteiger partial charge is 0.340 e. The second-order valence-corrected chi connectivity index (χ2v) is 7.70. The average molecular weight is 373 g/mol. The van der Waals surface area contributed by atoms with Crippen LogP contribution in [0.15, 0.2) is 48.2 Å². The first-order valence-corrected chi connectivity index (χ1v) is 9.85. The Bertz CT molecular complexity index is 1140. The summed E-state index contributed by atoms with van der Waals surface area (Å²) in [5.41, 5.74) is 6.92. The molecule has 134 valence electrons. The lowest BCUT2D eigenvalue weighted by molar-refractivity contribution is 0.865. The van der Waals surface area contributed by atoms with Gasteiger partial charge in [-0.25, -0.2) is 15.0 Å². The molecule has 0 spiro atoms. The van der Waals surface area contributed by atoms with E-state index in [1.54, 1.807) is 17.7 Å². The molecule has 3 aromatic heterocycles. The fourth-order valence-electron chi connectivity index (χ4n) is 3.62. The third kappa shape index (κ3) is 2.73. The van der Waals surface area contributed by atoms with Crippen LogP contribution in [0, 0.1) is 6.92 Å². The van der Waals surface area contributed by atoms with Crippen LogP contribution in [0.3, 0.4) is 0 Å². The molecule has 0 amide bonds. The van der Waals surface area contributed by atoms with Gasteiger partial charge >= 0.3 is 0 Å². The molecule has 0 unspecified atom stereocenters. The Morgan fingerprint density at radius 1 is 1.11 bits per heavy atom. The third-order valence-electron chi connectivity index (χ3n) is 5.19. The normalized spacial score (nSPS) is 12.5. The summed E-state index contributed by atoms with van der Waals surface area (Å²) in [5.74, 6) is 1.90. The zero-order valence-corrected chi connectivity index (χ0v) is 16.0. The van der Waals surface area contributed by atoms with Crippen molar-refractivity contribution in [3.63, 3.8) is 0 Å². The van der Waals surface area contributed by atoms with Crippen molar-refractivity contribution in [1.82, 2.24) is 19.5 Å². The lowest BCUT2D eigenvalue weighted by Crippen LogP contribution is -2.08. The second kappa shape index (κ2) is 6.32. The van der Waals surface area contributed by atoms with E-state index in [2.05, 4.69) is 60.5 Å². The number of imidazole rings is 1. The molecule has 1 aromatic carbocycles. The summed E-state index contributed by atoms with van der Waals surface area (Å²) < 4.78 is 2.10. The highest BCUT2D eigenvalue weighted by Gasteiger charge is 2.22. The van der Waals surface area contributed by atoms with Crippen LogP contribution in [0.2, 0.25) is 0 Å². The standard InChI is InChI=1S/C21H19N5S/c1-13-22-11-18(26(13)2)15-4-3-5-16(10-15)25-21-17-7-6-14-8-9-27-20(14)19(17)23-12-24-21/h3-5,8-12H,6-7H2,1-2H3,(H,23,24,25). The van der Waals surface area contributed by atoms with Crippen molar-refractivity contribution in [2.75, 3.05) is 5.32 Å². The fraction of sp³-hybridized carbons (Fsp3) is 0.190. The Kier molecular flexibility index (Phi) is 3.79. The monoisotopic (exact) mass is 373 g/mol. The number of hydrogen-bond donors (Lipinski definition) is 1. The van der Waals surface area contributed by atoms with Gasteiger partial charge in [0.05, 0.1) is 22.5 Å². The van der Waals surface area contributed by atoms with Crippen LogP contribution in [0.5, 0.6) is 0 Å². The van der Waals surface area contributed by atoms with Crippen LogP contribution in [0.25, 0.3) is 21.8 Å². The van der Waals surface area contributed by atoms with Gasteiger partial charge in [0.1, 0.15) is 18.0 Å². The summed E-state index contributed by atoms with van der Waals surface area (Å²) >= 11 is 1.76. The molecule has 1 aliphatic rings. The number of hydrogen-bond acceptors (Lipinski definition) is 5. The maximum Gasteiger partial charge on any atom is 0.137 e. The number of benzene rings is 1. The van der Waals surface area contributed by atoms with Crippen LogP contribution < -0.4 is 5.32 Å². The minimum atomic E-state index is 0.900. The predicted octanol–water partition coefficient (Wildman–Crippen LogP) is 4.76. The Balaban J connectivity index is 1.52. The van der Waals surface area contributed by atoms with E-state index in [1.165, 1.54) is 16.0 Å². The SMILES string of the molecule is Cc1ncc(-c2cccc(Nc3ncnc4c3CCc3ccsc3-4)c2)n1C. The molecule has 0 fully saturated rings. The Morgan fingerprint density at radius 2 is 2.04 bits per heavy atom. The highest BCUT2D eigenvalue weighted by Crippen LogP contribution is 2.38. The fourth-order valence-corrected chi connectivity index (χ4v) is 4.59.